The third kappa shape index (κ3) is 2.74. The van der Waals surface area contributed by atoms with E-state index in [0.717, 1.165) is 38.0 Å². The molecule has 2 aliphatic rings. The van der Waals surface area contributed by atoms with E-state index in [9.17, 15) is 8.78 Å². The van der Waals surface area contributed by atoms with Crippen molar-refractivity contribution in [3.63, 3.8) is 0 Å². The van der Waals surface area contributed by atoms with Crippen LogP contribution in [0.5, 0.6) is 0 Å². The normalized spacial score (nSPS) is 16.2. The summed E-state index contributed by atoms with van der Waals surface area (Å²) in [5.41, 5.74) is 2.47. The Morgan fingerprint density at radius 3 is 2.48 bits per heavy atom. The van der Waals surface area contributed by atoms with Gasteiger partial charge in [0.05, 0.1) is 0 Å². The van der Waals surface area contributed by atoms with Gasteiger partial charge in [-0.1, -0.05) is 18.2 Å². The Bertz CT molecular complexity index is 974. The summed E-state index contributed by atoms with van der Waals surface area (Å²) in [7, 11) is 0. The highest BCUT2D eigenvalue weighted by Gasteiger charge is 2.27. The molecule has 27 heavy (non-hydrogen) atoms. The number of para-hydroxylation sites is 1. The Kier molecular flexibility index (Phi) is 3.81. The molecule has 1 saturated heterocycles. The van der Waals surface area contributed by atoms with Gasteiger partial charge in [-0.2, -0.15) is 4.98 Å². The molecule has 0 unspecified atom stereocenters. The van der Waals surface area contributed by atoms with Crippen molar-refractivity contribution in [2.24, 2.45) is 0 Å². The van der Waals surface area contributed by atoms with Crippen LogP contribution in [0.4, 0.5) is 26.1 Å². The molecule has 1 fully saturated rings. The van der Waals surface area contributed by atoms with Gasteiger partial charge in [-0.05, 0) is 48.2 Å². The Morgan fingerprint density at radius 1 is 0.963 bits per heavy atom. The van der Waals surface area contributed by atoms with E-state index in [-0.39, 0.29) is 11.5 Å². The Labute approximate surface area is 155 Å². The lowest BCUT2D eigenvalue weighted by molar-refractivity contribution is 0.425. The van der Waals surface area contributed by atoms with E-state index in [1.165, 1.54) is 17.7 Å². The van der Waals surface area contributed by atoms with E-state index < -0.39 is 11.6 Å². The van der Waals surface area contributed by atoms with Crippen molar-refractivity contribution in [2.45, 2.75) is 19.3 Å². The fourth-order valence-electron chi connectivity index (χ4n) is 3.89. The molecule has 1 aromatic heterocycles. The van der Waals surface area contributed by atoms with Crippen LogP contribution in [0.1, 0.15) is 18.4 Å². The fourth-order valence-corrected chi connectivity index (χ4v) is 3.89. The van der Waals surface area contributed by atoms with E-state index in [0.29, 0.717) is 18.2 Å². The summed E-state index contributed by atoms with van der Waals surface area (Å²) in [4.78, 5) is 8.15. The molecule has 7 heteroatoms. The molecule has 3 heterocycles. The monoisotopic (exact) mass is 368 g/mol. The van der Waals surface area contributed by atoms with Gasteiger partial charge in [-0.25, -0.2) is 8.78 Å². The molecule has 3 aromatic rings. The van der Waals surface area contributed by atoms with Crippen LogP contribution in [0.25, 0.3) is 11.5 Å². The third-order valence-electron chi connectivity index (χ3n) is 5.26. The lowest BCUT2D eigenvalue weighted by atomic mass is 10.1. The maximum absolute atomic E-state index is 14.7. The molecule has 0 aliphatic carbocycles. The second kappa shape index (κ2) is 6.33. The molecule has 0 saturated carbocycles. The molecule has 2 aromatic carbocycles. The summed E-state index contributed by atoms with van der Waals surface area (Å²) in [6.07, 6.45) is 2.94. The second-order valence-electron chi connectivity index (χ2n) is 6.91. The van der Waals surface area contributed by atoms with Crippen molar-refractivity contribution in [3.8, 4) is 11.5 Å². The zero-order chi connectivity index (χ0) is 18.4. The SMILES string of the molecule is Fc1cc(N2CCCC2)cc(F)c1-c1nc(N2CCc3ccccc32)no1. The molecule has 0 radical (unpaired) electrons. The number of rotatable bonds is 3. The minimum absolute atomic E-state index is 0.141. The standard InChI is InChI=1S/C20H18F2N4O/c21-15-11-14(25-8-3-4-9-25)12-16(22)18(15)19-23-20(24-27-19)26-10-7-13-5-1-2-6-17(13)26/h1-2,5-6,11-12H,3-4,7-10H2. The van der Waals surface area contributed by atoms with Gasteiger partial charge in [-0.15, -0.1) is 0 Å². The second-order valence-corrected chi connectivity index (χ2v) is 6.91. The number of halogens is 2. The zero-order valence-corrected chi connectivity index (χ0v) is 14.7. The predicted molar refractivity (Wildman–Crippen MR) is 98.2 cm³/mol. The van der Waals surface area contributed by atoms with E-state index >= 15 is 0 Å². The van der Waals surface area contributed by atoms with Gasteiger partial charge in [0, 0.05) is 31.0 Å². The fraction of sp³-hybridized carbons (Fsp3) is 0.300. The van der Waals surface area contributed by atoms with E-state index in [4.69, 9.17) is 4.52 Å². The van der Waals surface area contributed by atoms with Gasteiger partial charge in [0.15, 0.2) is 0 Å². The first-order valence-corrected chi connectivity index (χ1v) is 9.14. The van der Waals surface area contributed by atoms with Crippen LogP contribution in [-0.2, 0) is 6.42 Å². The van der Waals surface area contributed by atoms with Gasteiger partial charge < -0.3 is 14.3 Å². The van der Waals surface area contributed by atoms with Crippen LogP contribution in [0.15, 0.2) is 40.9 Å². The number of hydrogen-bond donors (Lipinski definition) is 0. The van der Waals surface area contributed by atoms with Gasteiger partial charge in [0.1, 0.15) is 17.2 Å². The molecule has 138 valence electrons. The van der Waals surface area contributed by atoms with Crippen LogP contribution in [0.2, 0.25) is 0 Å². The minimum Gasteiger partial charge on any atom is -0.371 e. The van der Waals surface area contributed by atoms with Gasteiger partial charge >= 0.3 is 0 Å². The summed E-state index contributed by atoms with van der Waals surface area (Å²) < 4.78 is 34.5. The molecular formula is C20H18F2N4O. The van der Waals surface area contributed by atoms with Crippen molar-refractivity contribution in [3.05, 3.63) is 53.6 Å². The molecule has 0 amide bonds. The first-order chi connectivity index (χ1) is 13.2. The molecule has 0 atom stereocenters. The summed E-state index contributed by atoms with van der Waals surface area (Å²) in [6, 6.07) is 10.6. The van der Waals surface area contributed by atoms with Crippen LogP contribution in [0.3, 0.4) is 0 Å². The number of nitrogens with zero attached hydrogens (tertiary/aromatic N) is 4. The van der Waals surface area contributed by atoms with Crippen molar-refractivity contribution in [1.82, 2.24) is 10.1 Å². The van der Waals surface area contributed by atoms with Gasteiger partial charge in [0.25, 0.3) is 11.8 Å². The lowest BCUT2D eigenvalue weighted by Gasteiger charge is -2.18. The quantitative estimate of drug-likeness (QED) is 0.689. The minimum atomic E-state index is -0.686. The number of aromatic nitrogens is 2. The summed E-state index contributed by atoms with van der Waals surface area (Å²) in [5, 5.41) is 3.95. The van der Waals surface area contributed by atoms with E-state index in [1.54, 1.807) is 0 Å². The molecular weight excluding hydrogens is 350 g/mol. The first-order valence-electron chi connectivity index (χ1n) is 9.14. The zero-order valence-electron chi connectivity index (χ0n) is 14.7. The third-order valence-corrected chi connectivity index (χ3v) is 5.26. The molecule has 0 N–H and O–H groups in total. The Hall–Kier alpha value is -2.96. The van der Waals surface area contributed by atoms with E-state index in [2.05, 4.69) is 10.1 Å². The molecule has 5 nitrogen and oxygen atoms in total. The van der Waals surface area contributed by atoms with E-state index in [1.807, 2.05) is 34.1 Å². The highest BCUT2D eigenvalue weighted by atomic mass is 19.1. The predicted octanol–water partition coefficient (Wildman–Crippen LogP) is 4.31. The topological polar surface area (TPSA) is 45.4 Å². The summed E-state index contributed by atoms with van der Waals surface area (Å²) in [6.45, 7) is 2.34. The number of anilines is 3. The van der Waals surface area contributed by atoms with Crippen molar-refractivity contribution < 1.29 is 13.3 Å². The smallest absolute Gasteiger partial charge is 0.270 e. The molecule has 5 rings (SSSR count). The average Bonchev–Trinajstić information content (AvgIpc) is 3.41. The van der Waals surface area contributed by atoms with Gasteiger partial charge in [0.2, 0.25) is 0 Å². The largest absolute Gasteiger partial charge is 0.371 e. The van der Waals surface area contributed by atoms with Crippen molar-refractivity contribution in [2.75, 3.05) is 29.4 Å². The Balaban J connectivity index is 1.48. The maximum atomic E-state index is 14.7. The van der Waals surface area contributed by atoms with Crippen LogP contribution in [-0.4, -0.2) is 29.8 Å². The number of fused-ring (bicyclic) bond motifs is 1. The molecule has 0 spiro atoms. The molecule has 0 bridgehead atoms. The van der Waals surface area contributed by atoms with Crippen molar-refractivity contribution in [1.29, 1.82) is 0 Å². The van der Waals surface area contributed by atoms with Crippen LogP contribution < -0.4 is 9.80 Å². The highest BCUT2D eigenvalue weighted by Crippen LogP contribution is 2.35. The van der Waals surface area contributed by atoms with Crippen molar-refractivity contribution >= 4 is 17.3 Å². The highest BCUT2D eigenvalue weighted by molar-refractivity contribution is 5.67. The molecule has 2 aliphatic heterocycles. The van der Waals surface area contributed by atoms with Crippen LogP contribution in [0, 0.1) is 11.6 Å². The summed E-state index contributed by atoms with van der Waals surface area (Å²) in [5.74, 6) is -1.20. The lowest BCUT2D eigenvalue weighted by Crippen LogP contribution is -2.18. The first kappa shape index (κ1) is 16.2. The summed E-state index contributed by atoms with van der Waals surface area (Å²) >= 11 is 0. The van der Waals surface area contributed by atoms with Crippen LogP contribution >= 0.6 is 0 Å². The maximum Gasteiger partial charge on any atom is 0.270 e. The average molecular weight is 368 g/mol. The Morgan fingerprint density at radius 2 is 1.70 bits per heavy atom. The van der Waals surface area contributed by atoms with Gasteiger partial charge in [-0.3, -0.25) is 0 Å². The number of hydrogen-bond acceptors (Lipinski definition) is 5. The number of benzene rings is 2.